The van der Waals surface area contributed by atoms with Gasteiger partial charge in [0, 0.05) is 30.7 Å². The van der Waals surface area contributed by atoms with E-state index in [1.54, 1.807) is 24.3 Å². The highest BCUT2D eigenvalue weighted by molar-refractivity contribution is 7.92. The first kappa shape index (κ1) is 25.0. The highest BCUT2D eigenvalue weighted by Gasteiger charge is 2.23. The summed E-state index contributed by atoms with van der Waals surface area (Å²) in [6.07, 6.45) is 1.97. The number of amides is 1. The number of hydrogen-bond acceptors (Lipinski definition) is 5. The van der Waals surface area contributed by atoms with Crippen LogP contribution in [0.3, 0.4) is 0 Å². The van der Waals surface area contributed by atoms with Crippen LogP contribution < -0.4 is 19.8 Å². The van der Waals surface area contributed by atoms with E-state index in [-0.39, 0.29) is 15.8 Å². The Morgan fingerprint density at radius 1 is 1.03 bits per heavy atom. The number of aromatic amines is 1. The number of H-pyrrole nitrogens is 1. The fourth-order valence-electron chi connectivity index (χ4n) is 3.80. The van der Waals surface area contributed by atoms with Gasteiger partial charge in [-0.25, -0.2) is 8.42 Å². The molecule has 0 aliphatic heterocycles. The predicted molar refractivity (Wildman–Crippen MR) is 140 cm³/mol. The highest BCUT2D eigenvalue weighted by atomic mass is 32.2. The number of fused-ring (bicyclic) bond motifs is 1. The summed E-state index contributed by atoms with van der Waals surface area (Å²) >= 11 is 0. The molecule has 0 spiro atoms. The van der Waals surface area contributed by atoms with Crippen LogP contribution in [-0.4, -0.2) is 39.5 Å². The Balaban J connectivity index is 1.58. The number of aromatic nitrogens is 1. The van der Waals surface area contributed by atoms with E-state index in [0.29, 0.717) is 36.5 Å². The van der Waals surface area contributed by atoms with Gasteiger partial charge in [0.25, 0.3) is 15.9 Å². The van der Waals surface area contributed by atoms with Crippen LogP contribution in [0.25, 0.3) is 10.9 Å². The third-order valence-electron chi connectivity index (χ3n) is 5.81. The molecular formula is C27H27N3O5S. The summed E-state index contributed by atoms with van der Waals surface area (Å²) in [4.78, 5) is 28.7. The van der Waals surface area contributed by atoms with Crippen LogP contribution >= 0.6 is 0 Å². The molecule has 0 radical (unpaired) electrons. The topological polar surface area (TPSA) is 109 Å². The van der Waals surface area contributed by atoms with Crippen LogP contribution in [0.15, 0.2) is 88.7 Å². The van der Waals surface area contributed by atoms with Crippen LogP contribution in [0.1, 0.15) is 22.8 Å². The van der Waals surface area contributed by atoms with E-state index in [0.717, 1.165) is 9.87 Å². The summed E-state index contributed by atoms with van der Waals surface area (Å²) in [6, 6.07) is 20.6. The molecule has 0 saturated heterocycles. The van der Waals surface area contributed by atoms with Gasteiger partial charge >= 0.3 is 0 Å². The number of anilines is 1. The molecule has 4 rings (SSSR count). The second-order valence-corrected chi connectivity index (χ2v) is 10.1. The molecule has 36 heavy (non-hydrogen) atoms. The van der Waals surface area contributed by atoms with Crippen molar-refractivity contribution in [3.8, 4) is 5.75 Å². The summed E-state index contributed by atoms with van der Waals surface area (Å²) in [7, 11) is -2.52. The molecule has 4 aromatic rings. The van der Waals surface area contributed by atoms with E-state index >= 15 is 0 Å². The Kier molecular flexibility index (Phi) is 7.40. The van der Waals surface area contributed by atoms with Crippen molar-refractivity contribution in [1.29, 1.82) is 0 Å². The molecule has 9 heteroatoms. The van der Waals surface area contributed by atoms with E-state index in [1.165, 1.54) is 31.4 Å². The van der Waals surface area contributed by atoms with Crippen molar-refractivity contribution in [3.63, 3.8) is 0 Å². The zero-order valence-corrected chi connectivity index (χ0v) is 20.8. The monoisotopic (exact) mass is 505 g/mol. The van der Waals surface area contributed by atoms with Crippen LogP contribution in [0.4, 0.5) is 5.69 Å². The second kappa shape index (κ2) is 10.7. The number of sulfonamides is 1. The van der Waals surface area contributed by atoms with Gasteiger partial charge in [0.2, 0.25) is 5.43 Å². The Hall–Kier alpha value is -4.11. The lowest BCUT2D eigenvalue weighted by molar-refractivity contribution is 0.0953. The summed E-state index contributed by atoms with van der Waals surface area (Å²) in [5.41, 5.74) is 1.32. The van der Waals surface area contributed by atoms with E-state index in [4.69, 9.17) is 4.74 Å². The third kappa shape index (κ3) is 5.26. The Morgan fingerprint density at radius 2 is 1.75 bits per heavy atom. The van der Waals surface area contributed by atoms with Crippen molar-refractivity contribution < 1.29 is 17.9 Å². The fourth-order valence-corrected chi connectivity index (χ4v) is 5.03. The number of nitrogens with zero attached hydrogens (tertiary/aromatic N) is 1. The minimum Gasteiger partial charge on any atom is -0.494 e. The second-order valence-electron chi connectivity index (χ2n) is 8.13. The number of carbonyl (C=O) groups is 1. The quantitative estimate of drug-likeness (QED) is 0.360. The maximum absolute atomic E-state index is 13.3. The average molecular weight is 506 g/mol. The number of nitrogens with one attached hydrogen (secondary N) is 2. The third-order valence-corrected chi connectivity index (χ3v) is 7.59. The van der Waals surface area contributed by atoms with Gasteiger partial charge in [-0.1, -0.05) is 30.3 Å². The summed E-state index contributed by atoms with van der Waals surface area (Å²) in [6.45, 7) is 2.74. The maximum atomic E-state index is 13.3. The molecule has 8 nitrogen and oxygen atoms in total. The largest absolute Gasteiger partial charge is 0.494 e. The molecule has 0 bridgehead atoms. The summed E-state index contributed by atoms with van der Waals surface area (Å²) in [5, 5.41) is 2.87. The number of ether oxygens (including phenoxy) is 1. The lowest BCUT2D eigenvalue weighted by Crippen LogP contribution is -2.30. The standard InChI is InChI=1S/C27H27N3O5S/c1-3-35-21-11-9-20(10-12-21)30(2)36(33,34)22-13-14-25-23(17-22)26(31)24(18-29-25)27(32)28-16-15-19-7-5-4-6-8-19/h4-14,17-18H,3,15-16H2,1-2H3,(H,28,32)(H,29,31). The number of hydrogen-bond donors (Lipinski definition) is 2. The van der Waals surface area contributed by atoms with E-state index in [1.807, 2.05) is 37.3 Å². The number of benzene rings is 3. The van der Waals surface area contributed by atoms with Gasteiger partial charge < -0.3 is 15.0 Å². The van der Waals surface area contributed by atoms with Gasteiger partial charge in [0.05, 0.1) is 17.2 Å². The lowest BCUT2D eigenvalue weighted by Gasteiger charge is -2.20. The molecule has 186 valence electrons. The van der Waals surface area contributed by atoms with Gasteiger partial charge in [-0.2, -0.15) is 0 Å². The molecule has 3 aromatic carbocycles. The Morgan fingerprint density at radius 3 is 2.44 bits per heavy atom. The molecule has 0 fully saturated rings. The van der Waals surface area contributed by atoms with Crippen molar-refractivity contribution >= 4 is 32.5 Å². The molecule has 0 aliphatic carbocycles. The minimum atomic E-state index is -3.96. The van der Waals surface area contributed by atoms with E-state index in [9.17, 15) is 18.0 Å². The van der Waals surface area contributed by atoms with Crippen LogP contribution in [0, 0.1) is 0 Å². The number of pyridine rings is 1. The molecule has 1 amide bonds. The lowest BCUT2D eigenvalue weighted by atomic mass is 10.1. The first-order chi connectivity index (χ1) is 17.3. The fraction of sp³-hybridized carbons (Fsp3) is 0.185. The molecule has 1 aromatic heterocycles. The first-order valence-corrected chi connectivity index (χ1v) is 12.9. The van der Waals surface area contributed by atoms with Crippen LogP contribution in [-0.2, 0) is 16.4 Å². The molecular weight excluding hydrogens is 478 g/mol. The van der Waals surface area contributed by atoms with E-state index < -0.39 is 21.4 Å². The van der Waals surface area contributed by atoms with Crippen molar-refractivity contribution in [1.82, 2.24) is 10.3 Å². The predicted octanol–water partition coefficient (Wildman–Crippen LogP) is 3.72. The van der Waals surface area contributed by atoms with Gasteiger partial charge in [-0.3, -0.25) is 13.9 Å². The van der Waals surface area contributed by atoms with Crippen molar-refractivity contribution in [2.24, 2.45) is 0 Å². The number of carbonyl (C=O) groups excluding carboxylic acids is 1. The van der Waals surface area contributed by atoms with Crippen molar-refractivity contribution in [2.75, 3.05) is 24.5 Å². The summed E-state index contributed by atoms with van der Waals surface area (Å²) in [5.74, 6) is 0.118. The van der Waals surface area contributed by atoms with Crippen molar-refractivity contribution in [2.45, 2.75) is 18.2 Å². The van der Waals surface area contributed by atoms with Crippen LogP contribution in [0.5, 0.6) is 5.75 Å². The molecule has 0 aliphatic rings. The zero-order valence-electron chi connectivity index (χ0n) is 20.0. The van der Waals surface area contributed by atoms with Crippen LogP contribution in [0.2, 0.25) is 0 Å². The van der Waals surface area contributed by atoms with Gasteiger partial charge in [0.1, 0.15) is 11.3 Å². The minimum absolute atomic E-state index is 0.0569. The molecule has 0 unspecified atom stereocenters. The van der Waals surface area contributed by atoms with Gasteiger partial charge in [-0.05, 0) is 61.4 Å². The zero-order chi connectivity index (χ0) is 25.7. The molecule has 1 heterocycles. The number of rotatable bonds is 9. The smallest absolute Gasteiger partial charge is 0.264 e. The van der Waals surface area contributed by atoms with Gasteiger partial charge in [-0.15, -0.1) is 0 Å². The maximum Gasteiger partial charge on any atom is 0.264 e. The van der Waals surface area contributed by atoms with Crippen molar-refractivity contribution in [3.05, 3.63) is 100 Å². The highest BCUT2D eigenvalue weighted by Crippen LogP contribution is 2.25. The first-order valence-electron chi connectivity index (χ1n) is 11.5. The molecule has 0 atom stereocenters. The van der Waals surface area contributed by atoms with Gasteiger partial charge in [0.15, 0.2) is 0 Å². The SMILES string of the molecule is CCOc1ccc(N(C)S(=O)(=O)c2ccc3[nH]cc(C(=O)NCCc4ccccc4)c(=O)c3c2)cc1. The summed E-state index contributed by atoms with van der Waals surface area (Å²) < 4.78 is 33.1. The molecule has 2 N–H and O–H groups in total. The Labute approximate surface area is 209 Å². The Bertz CT molecular complexity index is 1530. The molecule has 0 saturated carbocycles. The normalized spacial score (nSPS) is 11.3. The van der Waals surface area contributed by atoms with E-state index in [2.05, 4.69) is 10.3 Å². The average Bonchev–Trinajstić information content (AvgIpc) is 2.89.